The minimum atomic E-state index is -4.00. The molecule has 2 N–H and O–H groups in total. The van der Waals surface area contributed by atoms with Crippen molar-refractivity contribution < 1.29 is 22.9 Å². The van der Waals surface area contributed by atoms with Crippen molar-refractivity contribution in [1.82, 2.24) is 5.32 Å². The Morgan fingerprint density at radius 2 is 1.96 bits per heavy atom. The largest absolute Gasteiger partial charge is 0.376 e. The predicted octanol–water partition coefficient (Wildman–Crippen LogP) is 2.30. The van der Waals surface area contributed by atoms with Crippen molar-refractivity contribution in [3.05, 3.63) is 64.2 Å². The maximum absolute atomic E-state index is 12.4. The summed E-state index contributed by atoms with van der Waals surface area (Å²) in [6, 6.07) is 10.7. The van der Waals surface area contributed by atoms with Crippen LogP contribution in [0.25, 0.3) is 0 Å². The van der Waals surface area contributed by atoms with Gasteiger partial charge in [0.05, 0.1) is 15.9 Å². The highest BCUT2D eigenvalue weighted by atomic mass is 32.2. The van der Waals surface area contributed by atoms with E-state index >= 15 is 0 Å². The number of ether oxygens (including phenoxy) is 1. The maximum atomic E-state index is 12.4. The second-order valence-electron chi connectivity index (χ2n) is 6.28. The van der Waals surface area contributed by atoms with Crippen LogP contribution in [-0.4, -0.2) is 38.5 Å². The number of benzene rings is 2. The SMILES string of the molecule is O=C(NC[C@H]1CCCO1)c1ccc(NS(=O)(=O)c2cccc([N+](=O)[O-])c2)cc1. The third-order valence-corrected chi connectivity index (χ3v) is 5.63. The van der Waals surface area contributed by atoms with Gasteiger partial charge in [-0.05, 0) is 43.2 Å². The molecule has 1 amide bonds. The van der Waals surface area contributed by atoms with E-state index in [0.29, 0.717) is 18.7 Å². The number of nitro benzene ring substituents is 1. The molecule has 2 aromatic rings. The average Bonchev–Trinajstić information content (AvgIpc) is 3.20. The van der Waals surface area contributed by atoms with Gasteiger partial charge in [-0.3, -0.25) is 19.6 Å². The van der Waals surface area contributed by atoms with Gasteiger partial charge in [-0.25, -0.2) is 8.42 Å². The van der Waals surface area contributed by atoms with Gasteiger partial charge in [0.1, 0.15) is 0 Å². The molecular weight excluding hydrogens is 386 g/mol. The Morgan fingerprint density at radius 1 is 1.21 bits per heavy atom. The fourth-order valence-electron chi connectivity index (χ4n) is 2.78. The van der Waals surface area contributed by atoms with E-state index in [2.05, 4.69) is 10.0 Å². The van der Waals surface area contributed by atoms with E-state index < -0.39 is 14.9 Å². The van der Waals surface area contributed by atoms with Crippen molar-refractivity contribution in [2.24, 2.45) is 0 Å². The van der Waals surface area contributed by atoms with E-state index in [1.807, 2.05) is 0 Å². The van der Waals surface area contributed by atoms with Crippen LogP contribution in [0, 0.1) is 10.1 Å². The molecular formula is C18H19N3O6S. The van der Waals surface area contributed by atoms with Crippen LogP contribution in [0.3, 0.4) is 0 Å². The number of rotatable bonds is 7. The van der Waals surface area contributed by atoms with Crippen LogP contribution in [0.4, 0.5) is 11.4 Å². The predicted molar refractivity (Wildman–Crippen MR) is 102 cm³/mol. The minimum absolute atomic E-state index is 0.0324. The first-order chi connectivity index (χ1) is 13.3. The van der Waals surface area contributed by atoms with E-state index in [9.17, 15) is 23.3 Å². The van der Waals surface area contributed by atoms with Crippen molar-refractivity contribution >= 4 is 27.3 Å². The maximum Gasteiger partial charge on any atom is 0.270 e. The standard InChI is InChI=1S/C18H19N3O6S/c22-18(19-12-16-4-2-10-27-16)13-6-8-14(9-7-13)20-28(25,26)17-5-1-3-15(11-17)21(23)24/h1,3,5-9,11,16,20H,2,4,10,12H2,(H,19,22)/t16-/m1/s1. The van der Waals surface area contributed by atoms with E-state index in [1.165, 1.54) is 42.5 Å². The molecule has 0 unspecified atom stereocenters. The van der Waals surface area contributed by atoms with Crippen molar-refractivity contribution in [3.63, 3.8) is 0 Å². The van der Waals surface area contributed by atoms with Gasteiger partial charge in [-0.15, -0.1) is 0 Å². The Kier molecular flexibility index (Phi) is 5.90. The average molecular weight is 405 g/mol. The van der Waals surface area contributed by atoms with Crippen molar-refractivity contribution in [3.8, 4) is 0 Å². The third kappa shape index (κ3) is 4.84. The van der Waals surface area contributed by atoms with Crippen LogP contribution in [0.15, 0.2) is 53.4 Å². The zero-order chi connectivity index (χ0) is 20.1. The van der Waals surface area contributed by atoms with Gasteiger partial charge in [0.15, 0.2) is 0 Å². The molecule has 0 aromatic heterocycles. The topological polar surface area (TPSA) is 128 Å². The highest BCUT2D eigenvalue weighted by molar-refractivity contribution is 7.92. The molecule has 0 spiro atoms. The molecule has 0 saturated carbocycles. The Hall–Kier alpha value is -2.98. The van der Waals surface area contributed by atoms with E-state index in [4.69, 9.17) is 4.74 Å². The number of nitrogens with zero attached hydrogens (tertiary/aromatic N) is 1. The third-order valence-electron chi connectivity index (χ3n) is 4.25. The molecule has 10 heteroatoms. The Labute approximate surface area is 161 Å². The quantitative estimate of drug-likeness (QED) is 0.537. The van der Waals surface area contributed by atoms with Crippen LogP contribution in [0.2, 0.25) is 0 Å². The molecule has 1 saturated heterocycles. The van der Waals surface area contributed by atoms with Crippen molar-refractivity contribution in [2.75, 3.05) is 17.9 Å². The van der Waals surface area contributed by atoms with E-state index in [0.717, 1.165) is 18.9 Å². The number of carbonyl (C=O) groups excluding carboxylic acids is 1. The minimum Gasteiger partial charge on any atom is -0.376 e. The number of sulfonamides is 1. The first-order valence-electron chi connectivity index (χ1n) is 8.62. The lowest BCUT2D eigenvalue weighted by atomic mass is 10.2. The van der Waals surface area contributed by atoms with Gasteiger partial charge < -0.3 is 10.1 Å². The Balaban J connectivity index is 1.65. The number of nitro groups is 1. The number of carbonyl (C=O) groups is 1. The summed E-state index contributed by atoms with van der Waals surface area (Å²) in [7, 11) is -4.00. The number of amides is 1. The molecule has 148 valence electrons. The van der Waals surface area contributed by atoms with Gasteiger partial charge in [-0.2, -0.15) is 0 Å². The first-order valence-corrected chi connectivity index (χ1v) is 10.1. The smallest absolute Gasteiger partial charge is 0.270 e. The summed E-state index contributed by atoms with van der Waals surface area (Å²) in [5.74, 6) is -0.274. The highest BCUT2D eigenvalue weighted by Gasteiger charge is 2.19. The van der Waals surface area contributed by atoms with Gasteiger partial charge >= 0.3 is 0 Å². The second-order valence-corrected chi connectivity index (χ2v) is 7.96. The summed E-state index contributed by atoms with van der Waals surface area (Å²) >= 11 is 0. The summed E-state index contributed by atoms with van der Waals surface area (Å²) in [4.78, 5) is 22.1. The lowest BCUT2D eigenvalue weighted by Crippen LogP contribution is -2.31. The molecule has 1 heterocycles. The zero-order valence-corrected chi connectivity index (χ0v) is 15.6. The lowest BCUT2D eigenvalue weighted by molar-refractivity contribution is -0.385. The molecule has 0 bridgehead atoms. The number of non-ortho nitro benzene ring substituents is 1. The number of hydrogen-bond acceptors (Lipinski definition) is 6. The van der Waals surface area contributed by atoms with Crippen LogP contribution in [-0.2, 0) is 14.8 Å². The van der Waals surface area contributed by atoms with Crippen LogP contribution >= 0.6 is 0 Å². The molecule has 1 fully saturated rings. The van der Waals surface area contributed by atoms with Crippen molar-refractivity contribution in [1.29, 1.82) is 0 Å². The number of anilines is 1. The number of hydrogen-bond donors (Lipinski definition) is 2. The van der Waals surface area contributed by atoms with Gasteiger partial charge in [0.25, 0.3) is 21.6 Å². The molecule has 9 nitrogen and oxygen atoms in total. The summed E-state index contributed by atoms with van der Waals surface area (Å²) in [5, 5.41) is 13.6. The number of nitrogens with one attached hydrogen (secondary N) is 2. The summed E-state index contributed by atoms with van der Waals surface area (Å²) in [5.41, 5.74) is 0.305. The fourth-order valence-corrected chi connectivity index (χ4v) is 3.88. The molecule has 2 aromatic carbocycles. The Morgan fingerprint density at radius 3 is 2.61 bits per heavy atom. The molecule has 0 aliphatic carbocycles. The fraction of sp³-hybridized carbons (Fsp3) is 0.278. The van der Waals surface area contributed by atoms with Crippen LogP contribution in [0.5, 0.6) is 0 Å². The zero-order valence-electron chi connectivity index (χ0n) is 14.8. The van der Waals surface area contributed by atoms with Gasteiger partial charge in [0, 0.05) is 36.5 Å². The molecule has 1 aliphatic rings. The summed E-state index contributed by atoms with van der Waals surface area (Å²) in [6.07, 6.45) is 1.93. The van der Waals surface area contributed by atoms with Gasteiger partial charge in [0.2, 0.25) is 0 Å². The molecule has 28 heavy (non-hydrogen) atoms. The summed E-state index contributed by atoms with van der Waals surface area (Å²) in [6.45, 7) is 1.14. The van der Waals surface area contributed by atoms with Crippen LogP contribution in [0.1, 0.15) is 23.2 Å². The van der Waals surface area contributed by atoms with E-state index in [1.54, 1.807) is 0 Å². The molecule has 3 rings (SSSR count). The van der Waals surface area contributed by atoms with Gasteiger partial charge in [-0.1, -0.05) is 6.07 Å². The van der Waals surface area contributed by atoms with Crippen molar-refractivity contribution in [2.45, 2.75) is 23.8 Å². The lowest BCUT2D eigenvalue weighted by Gasteiger charge is -2.11. The monoisotopic (exact) mass is 405 g/mol. The van der Waals surface area contributed by atoms with E-state index in [-0.39, 0.29) is 28.3 Å². The molecule has 0 radical (unpaired) electrons. The Bertz CT molecular complexity index is 969. The second kappa shape index (κ2) is 8.36. The summed E-state index contributed by atoms with van der Waals surface area (Å²) < 4.78 is 32.6. The van der Waals surface area contributed by atoms with Crippen LogP contribution < -0.4 is 10.0 Å². The molecule has 1 aliphatic heterocycles. The highest BCUT2D eigenvalue weighted by Crippen LogP contribution is 2.21. The molecule has 1 atom stereocenters. The normalized spacial score (nSPS) is 16.5. The first kappa shape index (κ1) is 19.8.